The molecule has 0 aliphatic carbocycles. The second kappa shape index (κ2) is 5.77. The fourth-order valence-electron chi connectivity index (χ4n) is 1.82. The van der Waals surface area contributed by atoms with Gasteiger partial charge in [0, 0.05) is 18.5 Å². The lowest BCUT2D eigenvalue weighted by Crippen LogP contribution is -2.41. The zero-order valence-electron chi connectivity index (χ0n) is 11.9. The smallest absolute Gasteiger partial charge is 0.275 e. The summed E-state index contributed by atoms with van der Waals surface area (Å²) in [5, 5.41) is 0. The first-order valence-corrected chi connectivity index (χ1v) is 6.47. The third-order valence-corrected chi connectivity index (χ3v) is 2.74. The van der Waals surface area contributed by atoms with Crippen LogP contribution in [0.5, 0.6) is 11.5 Å². The van der Waals surface area contributed by atoms with Gasteiger partial charge in [0.2, 0.25) is 0 Å². The number of benzene rings is 1. The molecule has 0 fully saturated rings. The number of carbonyl (C=O) groups is 1. The molecule has 5 heteroatoms. The van der Waals surface area contributed by atoms with Gasteiger partial charge in [-0.2, -0.15) is 0 Å². The van der Waals surface area contributed by atoms with Gasteiger partial charge in [0.15, 0.2) is 5.60 Å². The van der Waals surface area contributed by atoms with Gasteiger partial charge < -0.3 is 9.47 Å². The van der Waals surface area contributed by atoms with Gasteiger partial charge in [-0.3, -0.25) is 9.36 Å². The number of ether oxygens (including phenoxy) is 2. The molecule has 20 heavy (non-hydrogen) atoms. The first kappa shape index (κ1) is 14.1. The second-order valence-corrected chi connectivity index (χ2v) is 4.80. The van der Waals surface area contributed by atoms with Gasteiger partial charge in [-0.15, -0.1) is 0 Å². The Labute approximate surface area is 118 Å². The first-order valence-electron chi connectivity index (χ1n) is 6.47. The molecule has 0 spiro atoms. The summed E-state index contributed by atoms with van der Waals surface area (Å²) in [4.78, 5) is 16.2. The molecule has 0 saturated carbocycles. The van der Waals surface area contributed by atoms with Gasteiger partial charge >= 0.3 is 0 Å². The Balaban J connectivity index is 2.15. The summed E-state index contributed by atoms with van der Waals surface area (Å²) >= 11 is 0. The van der Waals surface area contributed by atoms with E-state index in [9.17, 15) is 4.79 Å². The quantitative estimate of drug-likeness (QED) is 0.841. The minimum atomic E-state index is -0.995. The Morgan fingerprint density at radius 2 is 2.10 bits per heavy atom. The molecule has 0 radical (unpaired) electrons. The fraction of sp³-hybridized carbons (Fsp3) is 0.333. The van der Waals surface area contributed by atoms with Crippen molar-refractivity contribution in [1.29, 1.82) is 0 Å². The molecule has 5 nitrogen and oxygen atoms in total. The number of imidazole rings is 1. The summed E-state index contributed by atoms with van der Waals surface area (Å²) < 4.78 is 12.6. The summed E-state index contributed by atoms with van der Waals surface area (Å²) in [6.07, 6.45) is 4.62. The Kier molecular flexibility index (Phi) is 4.08. The molecule has 0 N–H and O–H groups in total. The lowest BCUT2D eigenvalue weighted by Gasteiger charge is -2.25. The van der Waals surface area contributed by atoms with E-state index in [4.69, 9.17) is 9.47 Å². The highest BCUT2D eigenvalue weighted by Crippen LogP contribution is 2.24. The minimum Gasteiger partial charge on any atom is -0.494 e. The van der Waals surface area contributed by atoms with Gasteiger partial charge in [-0.1, -0.05) is 6.07 Å². The van der Waals surface area contributed by atoms with Crippen molar-refractivity contribution in [3.8, 4) is 11.5 Å². The van der Waals surface area contributed by atoms with Crippen LogP contribution < -0.4 is 9.47 Å². The molecular weight excluding hydrogens is 256 g/mol. The molecule has 0 atom stereocenters. The molecular formula is C15H18N2O3. The Bertz CT molecular complexity index is 577. The number of rotatable bonds is 5. The van der Waals surface area contributed by atoms with Crippen molar-refractivity contribution < 1.29 is 14.3 Å². The van der Waals surface area contributed by atoms with Crippen molar-refractivity contribution in [3.63, 3.8) is 0 Å². The maximum atomic E-state index is 12.3. The van der Waals surface area contributed by atoms with Crippen molar-refractivity contribution in [2.24, 2.45) is 0 Å². The average Bonchev–Trinajstić information content (AvgIpc) is 2.92. The fourth-order valence-corrected chi connectivity index (χ4v) is 1.82. The van der Waals surface area contributed by atoms with Crippen molar-refractivity contribution in [2.45, 2.75) is 26.4 Å². The predicted molar refractivity (Wildman–Crippen MR) is 75.2 cm³/mol. The van der Waals surface area contributed by atoms with Crippen LogP contribution in [-0.4, -0.2) is 27.7 Å². The SMILES string of the molecule is CCOc1cccc(OC(C)(C)C(=O)n2ccnc2)c1. The molecule has 0 saturated heterocycles. The zero-order chi connectivity index (χ0) is 14.6. The maximum absolute atomic E-state index is 12.3. The van der Waals surface area contributed by atoms with E-state index in [-0.39, 0.29) is 5.91 Å². The van der Waals surface area contributed by atoms with Gasteiger partial charge in [0.25, 0.3) is 5.91 Å². The molecule has 0 aliphatic heterocycles. The molecule has 1 aromatic carbocycles. The van der Waals surface area contributed by atoms with Crippen molar-refractivity contribution >= 4 is 5.91 Å². The minimum absolute atomic E-state index is 0.184. The second-order valence-electron chi connectivity index (χ2n) is 4.80. The first-order chi connectivity index (χ1) is 9.53. The lowest BCUT2D eigenvalue weighted by molar-refractivity contribution is 0.0486. The Hall–Kier alpha value is -2.30. The Morgan fingerprint density at radius 3 is 2.75 bits per heavy atom. The number of hydrogen-bond acceptors (Lipinski definition) is 4. The summed E-state index contributed by atoms with van der Waals surface area (Å²) in [6.45, 7) is 5.95. The molecule has 0 amide bonds. The maximum Gasteiger partial charge on any atom is 0.275 e. The van der Waals surface area contributed by atoms with Gasteiger partial charge in [0.1, 0.15) is 17.8 Å². The highest BCUT2D eigenvalue weighted by Gasteiger charge is 2.31. The molecule has 1 aromatic heterocycles. The van der Waals surface area contributed by atoms with Crippen molar-refractivity contribution in [2.75, 3.05) is 6.61 Å². The largest absolute Gasteiger partial charge is 0.494 e. The van der Waals surface area contributed by atoms with Gasteiger partial charge in [-0.25, -0.2) is 4.98 Å². The lowest BCUT2D eigenvalue weighted by atomic mass is 10.1. The third kappa shape index (κ3) is 3.17. The number of aromatic nitrogens is 2. The molecule has 0 aliphatic rings. The van der Waals surface area contributed by atoms with Crippen LogP contribution in [0.3, 0.4) is 0 Å². The van der Waals surface area contributed by atoms with Crippen LogP contribution in [0.25, 0.3) is 0 Å². The average molecular weight is 274 g/mol. The van der Waals surface area contributed by atoms with E-state index in [1.807, 2.05) is 19.1 Å². The predicted octanol–water partition coefficient (Wildman–Crippen LogP) is 2.78. The molecule has 0 bridgehead atoms. The molecule has 2 rings (SSSR count). The van der Waals surface area contributed by atoms with Crippen LogP contribution in [0.4, 0.5) is 0 Å². The molecule has 0 unspecified atom stereocenters. The highest BCUT2D eigenvalue weighted by molar-refractivity contribution is 5.86. The van der Waals surface area contributed by atoms with Crippen LogP contribution >= 0.6 is 0 Å². The third-order valence-electron chi connectivity index (χ3n) is 2.74. The van der Waals surface area contributed by atoms with Crippen LogP contribution in [0.2, 0.25) is 0 Å². The highest BCUT2D eigenvalue weighted by atomic mass is 16.5. The normalized spacial score (nSPS) is 11.2. The van der Waals surface area contributed by atoms with Crippen LogP contribution in [0.15, 0.2) is 43.0 Å². The summed E-state index contributed by atoms with van der Waals surface area (Å²) in [6, 6.07) is 7.25. The molecule has 1 heterocycles. The Morgan fingerprint density at radius 1 is 1.35 bits per heavy atom. The molecule has 106 valence electrons. The van der Waals surface area contributed by atoms with E-state index < -0.39 is 5.60 Å². The van der Waals surface area contributed by atoms with E-state index in [1.165, 1.54) is 10.9 Å². The number of carbonyl (C=O) groups excluding carboxylic acids is 1. The summed E-state index contributed by atoms with van der Waals surface area (Å²) in [7, 11) is 0. The summed E-state index contributed by atoms with van der Waals surface area (Å²) in [5.41, 5.74) is -0.995. The molecule has 2 aromatic rings. The zero-order valence-corrected chi connectivity index (χ0v) is 11.9. The monoisotopic (exact) mass is 274 g/mol. The van der Waals surface area contributed by atoms with E-state index in [2.05, 4.69) is 4.98 Å². The summed E-state index contributed by atoms with van der Waals surface area (Å²) in [5.74, 6) is 1.13. The van der Waals surface area contributed by atoms with E-state index in [0.29, 0.717) is 12.4 Å². The van der Waals surface area contributed by atoms with Gasteiger partial charge in [-0.05, 0) is 32.9 Å². The van der Waals surface area contributed by atoms with Crippen LogP contribution in [0.1, 0.15) is 25.6 Å². The van der Waals surface area contributed by atoms with E-state index in [1.54, 1.807) is 38.4 Å². The van der Waals surface area contributed by atoms with Crippen molar-refractivity contribution in [3.05, 3.63) is 43.0 Å². The number of hydrogen-bond donors (Lipinski definition) is 0. The van der Waals surface area contributed by atoms with Crippen LogP contribution in [-0.2, 0) is 0 Å². The van der Waals surface area contributed by atoms with Gasteiger partial charge in [0.05, 0.1) is 6.61 Å². The van der Waals surface area contributed by atoms with Crippen molar-refractivity contribution in [1.82, 2.24) is 9.55 Å². The van der Waals surface area contributed by atoms with E-state index in [0.717, 1.165) is 5.75 Å². The number of nitrogens with zero attached hydrogens (tertiary/aromatic N) is 2. The van der Waals surface area contributed by atoms with Crippen LogP contribution in [0, 0.1) is 0 Å². The van der Waals surface area contributed by atoms with E-state index >= 15 is 0 Å². The standard InChI is InChI=1S/C15H18N2O3/c1-4-19-12-6-5-7-13(10-12)20-15(2,3)14(18)17-9-8-16-11-17/h5-11H,4H2,1-3H3. The topological polar surface area (TPSA) is 53.4 Å².